The van der Waals surface area contributed by atoms with Crippen molar-refractivity contribution in [2.45, 2.75) is 39.5 Å². The van der Waals surface area contributed by atoms with Crippen LogP contribution in [0.15, 0.2) is 24.3 Å². The topological polar surface area (TPSA) is 53.1 Å². The second-order valence-corrected chi connectivity index (χ2v) is 5.09. The maximum Gasteiger partial charge on any atom is 0.123 e. The smallest absolute Gasteiger partial charge is 0.123 e. The van der Waals surface area contributed by atoms with Gasteiger partial charge >= 0.3 is 0 Å². The van der Waals surface area contributed by atoms with Crippen molar-refractivity contribution in [1.82, 2.24) is 9.78 Å². The molecule has 0 aliphatic carbocycles. The van der Waals surface area contributed by atoms with Crippen LogP contribution in [0.2, 0.25) is 0 Å². The lowest BCUT2D eigenvalue weighted by Crippen LogP contribution is -2.22. The fraction of sp³-hybridized carbons (Fsp3) is 0.400. The molecule has 4 nitrogen and oxygen atoms in total. The number of fused-ring (bicyclic) bond motifs is 1. The number of aromatic nitrogens is 2. The zero-order chi connectivity index (χ0) is 13.4. The van der Waals surface area contributed by atoms with Gasteiger partial charge in [-0.2, -0.15) is 5.10 Å². The number of hydrogen-bond acceptors (Lipinski definition) is 3. The fourth-order valence-electron chi connectivity index (χ4n) is 2.76. The van der Waals surface area contributed by atoms with Crippen molar-refractivity contribution in [2.75, 3.05) is 0 Å². The maximum absolute atomic E-state index is 5.96. The zero-order valence-corrected chi connectivity index (χ0v) is 11.4. The number of hydrogen-bond donors (Lipinski definition) is 1. The molecule has 0 radical (unpaired) electrons. The fourth-order valence-corrected chi connectivity index (χ4v) is 2.76. The Morgan fingerprint density at radius 1 is 1.37 bits per heavy atom. The molecule has 0 saturated heterocycles. The van der Waals surface area contributed by atoms with E-state index in [0.29, 0.717) is 6.54 Å². The molecule has 1 atom stereocenters. The van der Waals surface area contributed by atoms with Gasteiger partial charge in [0.2, 0.25) is 0 Å². The van der Waals surface area contributed by atoms with Gasteiger partial charge < -0.3 is 10.5 Å². The highest BCUT2D eigenvalue weighted by molar-refractivity contribution is 5.37. The van der Waals surface area contributed by atoms with Gasteiger partial charge in [-0.1, -0.05) is 18.2 Å². The number of para-hydroxylation sites is 1. The predicted molar refractivity (Wildman–Crippen MR) is 74.2 cm³/mol. The van der Waals surface area contributed by atoms with Crippen LogP contribution in [0.1, 0.15) is 22.5 Å². The van der Waals surface area contributed by atoms with Crippen molar-refractivity contribution in [3.05, 3.63) is 46.8 Å². The van der Waals surface area contributed by atoms with Gasteiger partial charge in [-0.15, -0.1) is 0 Å². The Bertz CT molecular complexity index is 578. The number of nitrogens with zero attached hydrogens (tertiary/aromatic N) is 2. The standard InChI is InChI=1S/C15H19N3O/c1-10-14(8-16)11(2)18(17-10)9-13-7-12-5-3-4-6-15(12)19-13/h3-6,13H,7-9,16H2,1-2H3. The van der Waals surface area contributed by atoms with Crippen LogP contribution in [0, 0.1) is 13.8 Å². The summed E-state index contributed by atoms with van der Waals surface area (Å²) in [6.07, 6.45) is 1.12. The first-order chi connectivity index (χ1) is 9.19. The quantitative estimate of drug-likeness (QED) is 0.914. The van der Waals surface area contributed by atoms with Gasteiger partial charge in [0.15, 0.2) is 0 Å². The molecule has 0 amide bonds. The molecule has 2 N–H and O–H groups in total. The Hall–Kier alpha value is -1.81. The maximum atomic E-state index is 5.96. The molecule has 1 unspecified atom stereocenters. The second kappa shape index (κ2) is 4.70. The van der Waals surface area contributed by atoms with Gasteiger partial charge in [0.25, 0.3) is 0 Å². The van der Waals surface area contributed by atoms with Crippen LogP contribution < -0.4 is 10.5 Å². The van der Waals surface area contributed by atoms with Crippen LogP contribution in [0.25, 0.3) is 0 Å². The number of aryl methyl sites for hydroxylation is 1. The SMILES string of the molecule is Cc1nn(CC2Cc3ccccc3O2)c(C)c1CN. The Morgan fingerprint density at radius 3 is 2.84 bits per heavy atom. The minimum absolute atomic E-state index is 0.168. The third kappa shape index (κ3) is 2.12. The molecule has 0 bridgehead atoms. The lowest BCUT2D eigenvalue weighted by atomic mass is 10.1. The van der Waals surface area contributed by atoms with E-state index in [1.54, 1.807) is 0 Å². The predicted octanol–water partition coefficient (Wildman–Crippen LogP) is 1.96. The highest BCUT2D eigenvalue weighted by Crippen LogP contribution is 2.29. The van der Waals surface area contributed by atoms with Gasteiger partial charge in [0.05, 0.1) is 12.2 Å². The molecule has 2 heterocycles. The summed E-state index contributed by atoms with van der Waals surface area (Å²) in [4.78, 5) is 0. The van der Waals surface area contributed by atoms with Crippen LogP contribution in [-0.4, -0.2) is 15.9 Å². The minimum Gasteiger partial charge on any atom is -0.488 e. The molecule has 100 valence electrons. The molecular formula is C15H19N3O. The van der Waals surface area contributed by atoms with E-state index in [9.17, 15) is 0 Å². The molecule has 4 heteroatoms. The number of rotatable bonds is 3. The Kier molecular flexibility index (Phi) is 3.03. The molecule has 0 saturated carbocycles. The minimum atomic E-state index is 0.168. The summed E-state index contributed by atoms with van der Waals surface area (Å²) < 4.78 is 7.98. The lowest BCUT2D eigenvalue weighted by Gasteiger charge is -2.12. The van der Waals surface area contributed by atoms with Crippen LogP contribution >= 0.6 is 0 Å². The van der Waals surface area contributed by atoms with Gasteiger partial charge in [-0.3, -0.25) is 4.68 Å². The normalized spacial score (nSPS) is 17.3. The highest BCUT2D eigenvalue weighted by atomic mass is 16.5. The van der Waals surface area contributed by atoms with Crippen molar-refractivity contribution in [1.29, 1.82) is 0 Å². The Labute approximate surface area is 113 Å². The second-order valence-electron chi connectivity index (χ2n) is 5.09. The lowest BCUT2D eigenvalue weighted by molar-refractivity contribution is 0.202. The Morgan fingerprint density at radius 2 is 2.16 bits per heavy atom. The first-order valence-electron chi connectivity index (χ1n) is 6.66. The summed E-state index contributed by atoms with van der Waals surface area (Å²) in [5.41, 5.74) is 10.4. The first-order valence-corrected chi connectivity index (χ1v) is 6.66. The van der Waals surface area contributed by atoms with E-state index in [1.165, 1.54) is 5.56 Å². The van der Waals surface area contributed by atoms with Gasteiger partial charge in [0, 0.05) is 24.2 Å². The molecule has 2 aromatic rings. The third-order valence-electron chi connectivity index (χ3n) is 3.83. The van der Waals surface area contributed by atoms with Gasteiger partial charge in [-0.05, 0) is 25.5 Å². The van der Waals surface area contributed by atoms with E-state index in [-0.39, 0.29) is 6.10 Å². The largest absolute Gasteiger partial charge is 0.488 e. The van der Waals surface area contributed by atoms with Crippen molar-refractivity contribution in [3.63, 3.8) is 0 Å². The summed E-state index contributed by atoms with van der Waals surface area (Å²) in [5, 5.41) is 4.56. The Balaban J connectivity index is 1.78. The monoisotopic (exact) mass is 257 g/mol. The van der Waals surface area contributed by atoms with Crippen LogP contribution in [0.5, 0.6) is 5.75 Å². The average molecular weight is 257 g/mol. The summed E-state index contributed by atoms with van der Waals surface area (Å²) in [6.45, 7) is 5.41. The number of nitrogens with two attached hydrogens (primary N) is 1. The van der Waals surface area contributed by atoms with Crippen molar-refractivity contribution in [3.8, 4) is 5.75 Å². The van der Waals surface area contributed by atoms with Gasteiger partial charge in [-0.25, -0.2) is 0 Å². The molecule has 1 aromatic carbocycles. The molecule has 3 rings (SSSR count). The first kappa shape index (κ1) is 12.2. The number of ether oxygens (including phenoxy) is 1. The molecule has 0 fully saturated rings. The van der Waals surface area contributed by atoms with E-state index in [1.807, 2.05) is 23.7 Å². The highest BCUT2D eigenvalue weighted by Gasteiger charge is 2.24. The van der Waals surface area contributed by atoms with Gasteiger partial charge in [0.1, 0.15) is 11.9 Å². The van der Waals surface area contributed by atoms with Crippen LogP contribution in [0.4, 0.5) is 0 Å². The average Bonchev–Trinajstić information content (AvgIpc) is 2.91. The van der Waals surface area contributed by atoms with Crippen LogP contribution in [0.3, 0.4) is 0 Å². The molecule has 1 aromatic heterocycles. The molecule has 0 spiro atoms. The summed E-state index contributed by atoms with van der Waals surface area (Å²) in [7, 11) is 0. The summed E-state index contributed by atoms with van der Waals surface area (Å²) >= 11 is 0. The number of benzene rings is 1. The summed E-state index contributed by atoms with van der Waals surface area (Å²) in [5.74, 6) is 1.01. The molecule has 1 aliphatic heterocycles. The van der Waals surface area contributed by atoms with E-state index in [0.717, 1.165) is 35.7 Å². The van der Waals surface area contributed by atoms with E-state index >= 15 is 0 Å². The van der Waals surface area contributed by atoms with Crippen LogP contribution in [-0.2, 0) is 19.5 Å². The van der Waals surface area contributed by atoms with E-state index in [4.69, 9.17) is 10.5 Å². The third-order valence-corrected chi connectivity index (χ3v) is 3.83. The molecular weight excluding hydrogens is 238 g/mol. The molecule has 1 aliphatic rings. The van der Waals surface area contributed by atoms with Crippen molar-refractivity contribution in [2.24, 2.45) is 5.73 Å². The van der Waals surface area contributed by atoms with Crippen molar-refractivity contribution >= 4 is 0 Å². The van der Waals surface area contributed by atoms with E-state index < -0.39 is 0 Å². The van der Waals surface area contributed by atoms with E-state index in [2.05, 4.69) is 24.2 Å². The summed E-state index contributed by atoms with van der Waals surface area (Å²) in [6, 6.07) is 8.22. The zero-order valence-electron chi connectivity index (χ0n) is 11.4. The van der Waals surface area contributed by atoms with Crippen molar-refractivity contribution < 1.29 is 4.74 Å². The molecule has 19 heavy (non-hydrogen) atoms.